The van der Waals surface area contributed by atoms with Crippen molar-refractivity contribution in [2.45, 2.75) is 20.4 Å². The van der Waals surface area contributed by atoms with E-state index in [9.17, 15) is 10.1 Å². The molecule has 0 bridgehead atoms. The van der Waals surface area contributed by atoms with Crippen molar-refractivity contribution in [3.8, 4) is 6.07 Å². The van der Waals surface area contributed by atoms with Gasteiger partial charge >= 0.3 is 0 Å². The number of nitrogens with one attached hydrogen (secondary N) is 1. The molecule has 0 saturated carbocycles. The van der Waals surface area contributed by atoms with E-state index in [0.29, 0.717) is 6.54 Å². The van der Waals surface area contributed by atoms with Crippen LogP contribution in [0.25, 0.3) is 6.08 Å². The molecule has 0 radical (unpaired) electrons. The molecule has 0 unspecified atom stereocenters. The number of nitriles is 1. The predicted octanol–water partition coefficient (Wildman–Crippen LogP) is 2.92. The van der Waals surface area contributed by atoms with E-state index in [1.807, 2.05) is 44.2 Å². The van der Waals surface area contributed by atoms with Crippen LogP contribution in [-0.4, -0.2) is 10.9 Å². The molecule has 1 amide bonds. The molecular formula is C18H17N3O. The molecule has 4 heteroatoms. The first-order valence-corrected chi connectivity index (χ1v) is 6.96. The third-order valence-electron chi connectivity index (χ3n) is 3.28. The van der Waals surface area contributed by atoms with Gasteiger partial charge in [-0.3, -0.25) is 9.78 Å². The summed E-state index contributed by atoms with van der Waals surface area (Å²) in [6, 6.07) is 11.6. The average molecular weight is 291 g/mol. The van der Waals surface area contributed by atoms with Crippen molar-refractivity contribution in [2.24, 2.45) is 0 Å². The highest BCUT2D eigenvalue weighted by Crippen LogP contribution is 2.14. The zero-order valence-electron chi connectivity index (χ0n) is 12.6. The van der Waals surface area contributed by atoms with Crippen LogP contribution in [0, 0.1) is 25.2 Å². The second kappa shape index (κ2) is 7.19. The number of aryl methyl sites for hydroxylation is 2. The maximum absolute atomic E-state index is 12.1. The van der Waals surface area contributed by atoms with E-state index in [-0.39, 0.29) is 11.5 Å². The molecule has 1 aromatic carbocycles. The largest absolute Gasteiger partial charge is 0.347 e. The molecule has 4 nitrogen and oxygen atoms in total. The minimum atomic E-state index is -0.382. The maximum atomic E-state index is 12.1. The summed E-state index contributed by atoms with van der Waals surface area (Å²) in [4.78, 5) is 16.1. The number of amides is 1. The van der Waals surface area contributed by atoms with Crippen molar-refractivity contribution in [1.82, 2.24) is 10.3 Å². The predicted molar refractivity (Wildman–Crippen MR) is 85.6 cm³/mol. The van der Waals surface area contributed by atoms with E-state index in [2.05, 4.69) is 10.3 Å². The summed E-state index contributed by atoms with van der Waals surface area (Å²) in [5, 5.41) is 12.0. The van der Waals surface area contributed by atoms with E-state index in [0.717, 1.165) is 22.3 Å². The molecule has 0 saturated heterocycles. The SMILES string of the molecule is Cc1ccc(C)c(/C=C(\C#N)C(=O)NCc2cccnc2)c1. The van der Waals surface area contributed by atoms with Gasteiger partial charge in [0.2, 0.25) is 0 Å². The van der Waals surface area contributed by atoms with Gasteiger partial charge in [-0.05, 0) is 42.7 Å². The molecule has 0 fully saturated rings. The third-order valence-corrected chi connectivity index (χ3v) is 3.28. The van der Waals surface area contributed by atoms with E-state index < -0.39 is 0 Å². The summed E-state index contributed by atoms with van der Waals surface area (Å²) in [5.41, 5.74) is 3.98. The van der Waals surface area contributed by atoms with Crippen molar-refractivity contribution in [3.63, 3.8) is 0 Å². The minimum Gasteiger partial charge on any atom is -0.347 e. The third kappa shape index (κ3) is 4.03. The van der Waals surface area contributed by atoms with E-state index in [1.165, 1.54) is 0 Å². The molecule has 0 aliphatic heterocycles. The standard InChI is InChI=1S/C18H17N3O/c1-13-5-6-14(2)16(8-13)9-17(10-19)18(22)21-12-15-4-3-7-20-11-15/h3-9,11H,12H2,1-2H3,(H,21,22)/b17-9+. The Labute approximate surface area is 130 Å². The monoisotopic (exact) mass is 291 g/mol. The highest BCUT2D eigenvalue weighted by atomic mass is 16.1. The smallest absolute Gasteiger partial charge is 0.262 e. The summed E-state index contributed by atoms with van der Waals surface area (Å²) >= 11 is 0. The second-order valence-electron chi connectivity index (χ2n) is 5.07. The number of hydrogen-bond acceptors (Lipinski definition) is 3. The topological polar surface area (TPSA) is 65.8 Å². The van der Waals surface area contributed by atoms with E-state index in [4.69, 9.17) is 0 Å². The fraction of sp³-hybridized carbons (Fsp3) is 0.167. The Balaban J connectivity index is 2.14. The van der Waals surface area contributed by atoms with Crippen molar-refractivity contribution < 1.29 is 4.79 Å². The Morgan fingerprint density at radius 1 is 1.36 bits per heavy atom. The molecule has 2 aromatic rings. The molecule has 22 heavy (non-hydrogen) atoms. The van der Waals surface area contributed by atoms with Gasteiger partial charge in [0.25, 0.3) is 5.91 Å². The van der Waals surface area contributed by atoms with Crippen LogP contribution in [0.4, 0.5) is 0 Å². The van der Waals surface area contributed by atoms with Crippen LogP contribution in [0.3, 0.4) is 0 Å². The normalized spacial score (nSPS) is 10.9. The number of carbonyl (C=O) groups excluding carboxylic acids is 1. The van der Waals surface area contributed by atoms with Gasteiger partial charge in [0.1, 0.15) is 11.6 Å². The summed E-state index contributed by atoms with van der Waals surface area (Å²) < 4.78 is 0. The first-order valence-electron chi connectivity index (χ1n) is 6.96. The summed E-state index contributed by atoms with van der Waals surface area (Å²) in [6.07, 6.45) is 4.98. The lowest BCUT2D eigenvalue weighted by molar-refractivity contribution is -0.117. The van der Waals surface area contributed by atoms with Crippen molar-refractivity contribution in [2.75, 3.05) is 0 Å². The zero-order chi connectivity index (χ0) is 15.9. The molecule has 0 aliphatic rings. The number of carbonyl (C=O) groups is 1. The second-order valence-corrected chi connectivity index (χ2v) is 5.07. The number of rotatable bonds is 4. The van der Waals surface area contributed by atoms with Crippen LogP contribution in [0.2, 0.25) is 0 Å². The Morgan fingerprint density at radius 3 is 2.86 bits per heavy atom. The quantitative estimate of drug-likeness (QED) is 0.695. The van der Waals surface area contributed by atoms with Crippen LogP contribution < -0.4 is 5.32 Å². The van der Waals surface area contributed by atoms with Gasteiger partial charge in [0, 0.05) is 18.9 Å². The number of aromatic nitrogens is 1. The molecule has 0 aliphatic carbocycles. The number of hydrogen-bond donors (Lipinski definition) is 1. The van der Waals surface area contributed by atoms with Crippen molar-refractivity contribution in [1.29, 1.82) is 5.26 Å². The van der Waals surface area contributed by atoms with Gasteiger partial charge in [-0.2, -0.15) is 5.26 Å². The summed E-state index contributed by atoms with van der Waals surface area (Å²) in [7, 11) is 0. The van der Waals surface area contributed by atoms with Crippen LogP contribution in [0.5, 0.6) is 0 Å². The lowest BCUT2D eigenvalue weighted by atomic mass is 10.0. The van der Waals surface area contributed by atoms with E-state index in [1.54, 1.807) is 24.5 Å². The lowest BCUT2D eigenvalue weighted by Crippen LogP contribution is -2.24. The lowest BCUT2D eigenvalue weighted by Gasteiger charge is -2.06. The molecular weight excluding hydrogens is 274 g/mol. The summed E-state index contributed by atoms with van der Waals surface area (Å²) in [6.45, 7) is 4.28. The number of nitrogens with zero attached hydrogens (tertiary/aromatic N) is 2. The molecule has 0 atom stereocenters. The van der Waals surface area contributed by atoms with Gasteiger partial charge < -0.3 is 5.32 Å². The fourth-order valence-electron chi connectivity index (χ4n) is 2.00. The number of benzene rings is 1. The van der Waals surface area contributed by atoms with Gasteiger partial charge in [-0.25, -0.2) is 0 Å². The van der Waals surface area contributed by atoms with Crippen LogP contribution >= 0.6 is 0 Å². The molecule has 0 spiro atoms. The highest BCUT2D eigenvalue weighted by molar-refractivity contribution is 6.01. The average Bonchev–Trinajstić information content (AvgIpc) is 2.54. The Bertz CT molecular complexity index is 743. The Kier molecular flexibility index (Phi) is 5.05. The molecule has 1 aromatic heterocycles. The van der Waals surface area contributed by atoms with Gasteiger partial charge in [0.05, 0.1) is 0 Å². The molecule has 2 rings (SSSR count). The van der Waals surface area contributed by atoms with Gasteiger partial charge in [-0.15, -0.1) is 0 Å². The highest BCUT2D eigenvalue weighted by Gasteiger charge is 2.09. The van der Waals surface area contributed by atoms with Gasteiger partial charge in [0.15, 0.2) is 0 Å². The fourth-order valence-corrected chi connectivity index (χ4v) is 2.00. The van der Waals surface area contributed by atoms with Crippen LogP contribution in [0.15, 0.2) is 48.3 Å². The Hall–Kier alpha value is -2.93. The molecule has 110 valence electrons. The molecule has 1 N–H and O–H groups in total. The molecule has 1 heterocycles. The maximum Gasteiger partial charge on any atom is 0.262 e. The number of pyridine rings is 1. The minimum absolute atomic E-state index is 0.0950. The Morgan fingerprint density at radius 2 is 2.18 bits per heavy atom. The van der Waals surface area contributed by atoms with Crippen LogP contribution in [-0.2, 0) is 11.3 Å². The van der Waals surface area contributed by atoms with Crippen molar-refractivity contribution in [3.05, 3.63) is 70.6 Å². The van der Waals surface area contributed by atoms with Gasteiger partial charge in [-0.1, -0.05) is 29.8 Å². The first kappa shape index (κ1) is 15.5. The first-order chi connectivity index (χ1) is 10.6. The van der Waals surface area contributed by atoms with Crippen LogP contribution in [0.1, 0.15) is 22.3 Å². The summed E-state index contributed by atoms with van der Waals surface area (Å²) in [5.74, 6) is -0.382. The van der Waals surface area contributed by atoms with E-state index >= 15 is 0 Å². The van der Waals surface area contributed by atoms with Crippen molar-refractivity contribution >= 4 is 12.0 Å². The zero-order valence-corrected chi connectivity index (χ0v) is 12.6.